The van der Waals surface area contributed by atoms with Gasteiger partial charge in [0.05, 0.1) is 18.2 Å². The van der Waals surface area contributed by atoms with E-state index in [1.54, 1.807) is 39.4 Å². The van der Waals surface area contributed by atoms with Crippen molar-refractivity contribution in [3.05, 3.63) is 65.7 Å². The molecule has 0 unspecified atom stereocenters. The molecule has 0 radical (unpaired) electrons. The predicted molar refractivity (Wildman–Crippen MR) is 114 cm³/mol. The number of amides is 2. The number of nitrogens with zero attached hydrogens (tertiary/aromatic N) is 1. The molecule has 0 atom stereocenters. The van der Waals surface area contributed by atoms with Crippen LogP contribution >= 0.6 is 0 Å². The fourth-order valence-corrected chi connectivity index (χ4v) is 3.56. The molecular formula is C23H21N3O3. The van der Waals surface area contributed by atoms with Crippen molar-refractivity contribution >= 4 is 33.6 Å². The summed E-state index contributed by atoms with van der Waals surface area (Å²) in [6.07, 6.45) is 0. The zero-order chi connectivity index (χ0) is 20.7. The highest BCUT2D eigenvalue weighted by Crippen LogP contribution is 2.34. The molecule has 3 N–H and O–H groups in total. The number of aromatic amines is 1. The average molecular weight is 387 g/mol. The number of benzene rings is 3. The summed E-state index contributed by atoms with van der Waals surface area (Å²) in [6, 6.07) is 16.9. The smallest absolute Gasteiger partial charge is 0.253 e. The maximum atomic E-state index is 12.3. The number of hydrogen-bond acceptors (Lipinski definition) is 3. The lowest BCUT2D eigenvalue weighted by atomic mass is 9.98. The van der Waals surface area contributed by atoms with E-state index in [4.69, 9.17) is 10.5 Å². The van der Waals surface area contributed by atoms with Gasteiger partial charge in [-0.25, -0.2) is 0 Å². The van der Waals surface area contributed by atoms with Gasteiger partial charge in [0.1, 0.15) is 5.75 Å². The van der Waals surface area contributed by atoms with Gasteiger partial charge in [-0.2, -0.15) is 0 Å². The van der Waals surface area contributed by atoms with Crippen molar-refractivity contribution in [3.8, 4) is 16.9 Å². The summed E-state index contributed by atoms with van der Waals surface area (Å²) in [5, 5.41) is 1.79. The Bertz CT molecular complexity index is 1270. The van der Waals surface area contributed by atoms with Crippen LogP contribution < -0.4 is 10.5 Å². The van der Waals surface area contributed by atoms with Crippen LogP contribution in [-0.2, 0) is 0 Å². The summed E-state index contributed by atoms with van der Waals surface area (Å²) in [5.41, 5.74) is 9.87. The second-order valence-electron chi connectivity index (χ2n) is 7.13. The van der Waals surface area contributed by atoms with Gasteiger partial charge in [0, 0.05) is 35.9 Å². The van der Waals surface area contributed by atoms with Crippen LogP contribution in [0.1, 0.15) is 20.7 Å². The molecule has 0 spiro atoms. The summed E-state index contributed by atoms with van der Waals surface area (Å²) in [7, 11) is 5.04. The molecule has 6 nitrogen and oxygen atoms in total. The molecule has 0 bridgehead atoms. The number of nitrogens with one attached hydrogen (secondary N) is 1. The Morgan fingerprint density at radius 2 is 1.76 bits per heavy atom. The van der Waals surface area contributed by atoms with Crippen molar-refractivity contribution in [2.45, 2.75) is 0 Å². The normalized spacial score (nSPS) is 11.0. The number of rotatable bonds is 4. The van der Waals surface area contributed by atoms with E-state index in [2.05, 4.69) is 4.98 Å². The molecule has 0 fully saturated rings. The fraction of sp³-hybridized carbons (Fsp3) is 0.130. The number of nitrogens with two attached hydrogens (primary N) is 1. The number of hydrogen-bond donors (Lipinski definition) is 2. The zero-order valence-electron chi connectivity index (χ0n) is 16.4. The summed E-state index contributed by atoms with van der Waals surface area (Å²) in [6.45, 7) is 0. The number of carbonyl (C=O) groups is 2. The molecular weight excluding hydrogens is 366 g/mol. The minimum Gasteiger partial charge on any atom is -0.497 e. The Hall–Kier alpha value is -3.80. The number of methoxy groups -OCH3 is 1. The van der Waals surface area contributed by atoms with E-state index in [1.165, 1.54) is 4.90 Å². The van der Waals surface area contributed by atoms with Crippen LogP contribution in [0.15, 0.2) is 54.6 Å². The first-order valence-electron chi connectivity index (χ1n) is 9.14. The first kappa shape index (κ1) is 18.6. The monoisotopic (exact) mass is 387 g/mol. The number of aromatic nitrogens is 1. The van der Waals surface area contributed by atoms with Crippen LogP contribution in [0.4, 0.5) is 0 Å². The van der Waals surface area contributed by atoms with Gasteiger partial charge in [0.25, 0.3) is 11.8 Å². The summed E-state index contributed by atoms with van der Waals surface area (Å²) >= 11 is 0. The van der Waals surface area contributed by atoms with Crippen LogP contribution in [-0.4, -0.2) is 42.9 Å². The van der Waals surface area contributed by atoms with Crippen LogP contribution in [0.3, 0.4) is 0 Å². The van der Waals surface area contributed by atoms with Gasteiger partial charge in [-0.15, -0.1) is 0 Å². The van der Waals surface area contributed by atoms with E-state index >= 15 is 0 Å². The maximum Gasteiger partial charge on any atom is 0.253 e. The molecule has 1 aromatic heterocycles. The first-order chi connectivity index (χ1) is 13.9. The lowest BCUT2D eigenvalue weighted by molar-refractivity contribution is 0.0827. The highest BCUT2D eigenvalue weighted by Gasteiger charge is 2.16. The van der Waals surface area contributed by atoms with Crippen molar-refractivity contribution in [1.29, 1.82) is 0 Å². The van der Waals surface area contributed by atoms with Crippen molar-refractivity contribution in [2.24, 2.45) is 5.73 Å². The molecule has 1 heterocycles. The van der Waals surface area contributed by atoms with Gasteiger partial charge < -0.3 is 20.4 Å². The molecule has 29 heavy (non-hydrogen) atoms. The number of ether oxygens (including phenoxy) is 1. The number of carbonyl (C=O) groups excluding carboxylic acids is 2. The van der Waals surface area contributed by atoms with E-state index in [0.29, 0.717) is 16.6 Å². The molecule has 6 heteroatoms. The lowest BCUT2D eigenvalue weighted by Crippen LogP contribution is -2.21. The molecule has 0 saturated carbocycles. The summed E-state index contributed by atoms with van der Waals surface area (Å²) < 4.78 is 5.32. The zero-order valence-corrected chi connectivity index (χ0v) is 16.4. The molecule has 4 aromatic rings. The summed E-state index contributed by atoms with van der Waals surface area (Å²) in [5.74, 6) is 0.127. The van der Waals surface area contributed by atoms with Gasteiger partial charge in [0.15, 0.2) is 0 Å². The number of primary amides is 1. The summed E-state index contributed by atoms with van der Waals surface area (Å²) in [4.78, 5) is 29.3. The van der Waals surface area contributed by atoms with Crippen LogP contribution in [0.2, 0.25) is 0 Å². The third-order valence-corrected chi connectivity index (χ3v) is 5.03. The average Bonchev–Trinajstić information content (AvgIpc) is 3.09. The third kappa shape index (κ3) is 3.18. The van der Waals surface area contributed by atoms with Crippen LogP contribution in [0, 0.1) is 0 Å². The first-order valence-corrected chi connectivity index (χ1v) is 9.14. The molecule has 0 aliphatic heterocycles. The molecule has 2 amide bonds. The van der Waals surface area contributed by atoms with E-state index < -0.39 is 5.91 Å². The Labute approximate surface area is 167 Å². The molecule has 0 aliphatic carbocycles. The number of H-pyrrole nitrogens is 1. The second kappa shape index (κ2) is 6.98. The quantitative estimate of drug-likeness (QED) is 0.558. The second-order valence-corrected chi connectivity index (χ2v) is 7.13. The third-order valence-electron chi connectivity index (χ3n) is 5.03. The highest BCUT2D eigenvalue weighted by atomic mass is 16.5. The number of fused-ring (bicyclic) bond motifs is 3. The van der Waals surface area contributed by atoms with E-state index in [0.717, 1.165) is 33.2 Å². The van der Waals surface area contributed by atoms with Gasteiger partial charge >= 0.3 is 0 Å². The van der Waals surface area contributed by atoms with Gasteiger partial charge in [-0.05, 0) is 47.5 Å². The van der Waals surface area contributed by atoms with Gasteiger partial charge in [-0.1, -0.05) is 18.2 Å². The predicted octanol–water partition coefficient (Wildman–Crippen LogP) is 3.80. The SMILES string of the molecule is COc1cccc(-c2cc(C(N)=O)c3[nH]c4cc(C(=O)N(C)C)ccc4c3c2)c1. The van der Waals surface area contributed by atoms with Crippen LogP contribution in [0.25, 0.3) is 32.9 Å². The molecule has 146 valence electrons. The van der Waals surface area contributed by atoms with Crippen molar-refractivity contribution < 1.29 is 14.3 Å². The Morgan fingerprint density at radius 1 is 0.966 bits per heavy atom. The van der Waals surface area contributed by atoms with E-state index in [-0.39, 0.29) is 5.91 Å². The topological polar surface area (TPSA) is 88.4 Å². The van der Waals surface area contributed by atoms with Gasteiger partial charge in [0.2, 0.25) is 0 Å². The van der Waals surface area contributed by atoms with Crippen molar-refractivity contribution in [2.75, 3.05) is 21.2 Å². The largest absolute Gasteiger partial charge is 0.497 e. The Balaban J connectivity index is 1.98. The molecule has 3 aromatic carbocycles. The van der Waals surface area contributed by atoms with Gasteiger partial charge in [-0.3, -0.25) is 9.59 Å². The lowest BCUT2D eigenvalue weighted by Gasteiger charge is -2.09. The minimum atomic E-state index is -0.518. The van der Waals surface area contributed by atoms with Crippen molar-refractivity contribution in [3.63, 3.8) is 0 Å². The maximum absolute atomic E-state index is 12.3. The molecule has 0 aliphatic rings. The minimum absolute atomic E-state index is 0.0854. The van der Waals surface area contributed by atoms with E-state index in [9.17, 15) is 9.59 Å². The van der Waals surface area contributed by atoms with Crippen molar-refractivity contribution in [1.82, 2.24) is 9.88 Å². The Kier molecular flexibility index (Phi) is 4.47. The standard InChI is InChI=1S/C23H21N3O3/c1-26(2)23(28)14-7-8-17-18-10-15(13-5-4-6-16(9-13)29-3)11-19(22(24)27)21(18)25-20(17)12-14/h4-12,25H,1-3H3,(H2,24,27). The molecule has 4 rings (SSSR count). The Morgan fingerprint density at radius 3 is 2.45 bits per heavy atom. The van der Waals surface area contributed by atoms with E-state index in [1.807, 2.05) is 36.4 Å². The highest BCUT2D eigenvalue weighted by molar-refractivity contribution is 6.17. The van der Waals surface area contributed by atoms with Crippen LogP contribution in [0.5, 0.6) is 5.75 Å². The fourth-order valence-electron chi connectivity index (χ4n) is 3.56. The molecule has 0 saturated heterocycles.